The normalized spacial score (nSPS) is 10.9. The van der Waals surface area contributed by atoms with Crippen molar-refractivity contribution in [3.8, 4) is 11.6 Å². The third kappa shape index (κ3) is 5.83. The SMILES string of the molecule is CCN(CCc1cccnc1)Cc1ccc(Oc2ccc(C(N)=O)cn2)c(F)c1. The van der Waals surface area contributed by atoms with Crippen molar-refractivity contribution in [2.45, 2.75) is 19.9 Å². The second kappa shape index (κ2) is 9.75. The Labute approximate surface area is 169 Å². The molecular formula is C22H23FN4O2. The lowest BCUT2D eigenvalue weighted by molar-refractivity contribution is 0.1000. The topological polar surface area (TPSA) is 81.3 Å². The standard InChI is InChI=1S/C22H23FN4O2/c1-2-27(11-9-16-4-3-10-25-13-16)15-17-5-7-20(19(23)12-17)29-21-8-6-18(14-26-21)22(24)28/h3-8,10,12-14H,2,9,11,15H2,1H3,(H2,24,28). The van der Waals surface area contributed by atoms with Crippen LogP contribution in [0.3, 0.4) is 0 Å². The van der Waals surface area contributed by atoms with Gasteiger partial charge in [0, 0.05) is 37.7 Å². The van der Waals surface area contributed by atoms with Crippen molar-refractivity contribution < 1.29 is 13.9 Å². The first-order valence-electron chi connectivity index (χ1n) is 9.38. The van der Waals surface area contributed by atoms with Crippen molar-refractivity contribution in [2.24, 2.45) is 5.73 Å². The van der Waals surface area contributed by atoms with Crippen LogP contribution in [0.15, 0.2) is 61.1 Å². The van der Waals surface area contributed by atoms with Crippen LogP contribution >= 0.6 is 0 Å². The molecule has 3 aromatic rings. The van der Waals surface area contributed by atoms with Crippen LogP contribution in [0.25, 0.3) is 0 Å². The number of benzene rings is 1. The summed E-state index contributed by atoms with van der Waals surface area (Å²) < 4.78 is 20.0. The van der Waals surface area contributed by atoms with E-state index in [1.54, 1.807) is 12.3 Å². The molecule has 3 rings (SSSR count). The molecule has 0 atom stereocenters. The van der Waals surface area contributed by atoms with Gasteiger partial charge in [-0.2, -0.15) is 0 Å². The summed E-state index contributed by atoms with van der Waals surface area (Å²) in [5.41, 5.74) is 7.48. The predicted octanol–water partition coefficient (Wildman–Crippen LogP) is 3.57. The van der Waals surface area contributed by atoms with Crippen molar-refractivity contribution in [3.05, 3.63) is 83.6 Å². The van der Waals surface area contributed by atoms with Crippen molar-refractivity contribution >= 4 is 5.91 Å². The molecule has 0 aliphatic carbocycles. The van der Waals surface area contributed by atoms with Crippen LogP contribution < -0.4 is 10.5 Å². The van der Waals surface area contributed by atoms with E-state index in [4.69, 9.17) is 10.5 Å². The number of nitrogens with zero attached hydrogens (tertiary/aromatic N) is 3. The van der Waals surface area contributed by atoms with E-state index in [0.29, 0.717) is 6.54 Å². The summed E-state index contributed by atoms with van der Waals surface area (Å²) in [6.07, 6.45) is 5.81. The monoisotopic (exact) mass is 394 g/mol. The van der Waals surface area contributed by atoms with E-state index >= 15 is 0 Å². The molecule has 6 nitrogen and oxygen atoms in total. The summed E-state index contributed by atoms with van der Waals surface area (Å²) >= 11 is 0. The molecule has 0 unspecified atom stereocenters. The fraction of sp³-hybridized carbons (Fsp3) is 0.227. The Morgan fingerprint density at radius 2 is 2.03 bits per heavy atom. The lowest BCUT2D eigenvalue weighted by atomic mass is 10.1. The lowest BCUT2D eigenvalue weighted by Gasteiger charge is -2.20. The molecule has 2 aromatic heterocycles. The molecule has 7 heteroatoms. The number of halogens is 1. The summed E-state index contributed by atoms with van der Waals surface area (Å²) in [5, 5.41) is 0. The van der Waals surface area contributed by atoms with Crippen LogP contribution in [0.2, 0.25) is 0 Å². The highest BCUT2D eigenvalue weighted by Gasteiger charge is 2.10. The van der Waals surface area contributed by atoms with Crippen LogP contribution in [0.5, 0.6) is 11.6 Å². The van der Waals surface area contributed by atoms with Gasteiger partial charge in [0.05, 0.1) is 5.56 Å². The first-order valence-corrected chi connectivity index (χ1v) is 9.38. The lowest BCUT2D eigenvalue weighted by Crippen LogP contribution is -2.25. The Kier molecular flexibility index (Phi) is 6.86. The van der Waals surface area contributed by atoms with Crippen LogP contribution in [0, 0.1) is 5.82 Å². The summed E-state index contributed by atoms with van der Waals surface area (Å²) in [5.74, 6) is -0.782. The number of hydrogen-bond donors (Lipinski definition) is 1. The maximum Gasteiger partial charge on any atom is 0.250 e. The van der Waals surface area contributed by atoms with Gasteiger partial charge in [0.15, 0.2) is 11.6 Å². The maximum absolute atomic E-state index is 14.5. The molecule has 1 aromatic carbocycles. The van der Waals surface area contributed by atoms with Gasteiger partial charge in [0.2, 0.25) is 11.8 Å². The first kappa shape index (κ1) is 20.4. The van der Waals surface area contributed by atoms with Crippen LogP contribution in [-0.2, 0) is 13.0 Å². The zero-order valence-electron chi connectivity index (χ0n) is 16.2. The largest absolute Gasteiger partial charge is 0.436 e. The average Bonchev–Trinajstić information content (AvgIpc) is 2.74. The first-order chi connectivity index (χ1) is 14.0. The van der Waals surface area contributed by atoms with Gasteiger partial charge in [-0.25, -0.2) is 9.37 Å². The van der Waals surface area contributed by atoms with Crippen LogP contribution in [0.1, 0.15) is 28.4 Å². The molecule has 2 N–H and O–H groups in total. The number of likely N-dealkylation sites (N-methyl/N-ethyl adjacent to an activating group) is 1. The number of rotatable bonds is 9. The molecule has 150 valence electrons. The number of ether oxygens (including phenoxy) is 1. The molecule has 2 heterocycles. The molecule has 0 fully saturated rings. The Balaban J connectivity index is 1.61. The summed E-state index contributed by atoms with van der Waals surface area (Å²) in [6.45, 7) is 4.44. The van der Waals surface area contributed by atoms with Gasteiger partial charge in [0.25, 0.3) is 0 Å². The predicted molar refractivity (Wildman–Crippen MR) is 108 cm³/mol. The van der Waals surface area contributed by atoms with Gasteiger partial charge in [-0.15, -0.1) is 0 Å². The number of amides is 1. The molecule has 0 radical (unpaired) electrons. The number of hydrogen-bond acceptors (Lipinski definition) is 5. The fourth-order valence-electron chi connectivity index (χ4n) is 2.86. The second-order valence-corrected chi connectivity index (χ2v) is 6.60. The van der Waals surface area contributed by atoms with Crippen molar-refractivity contribution in [2.75, 3.05) is 13.1 Å². The van der Waals surface area contributed by atoms with Gasteiger partial charge in [-0.3, -0.25) is 14.7 Å². The molecule has 0 saturated heterocycles. The number of aromatic nitrogens is 2. The molecule has 0 spiro atoms. The average molecular weight is 394 g/mol. The molecular weight excluding hydrogens is 371 g/mol. The zero-order chi connectivity index (χ0) is 20.6. The van der Waals surface area contributed by atoms with E-state index in [0.717, 1.165) is 25.1 Å². The van der Waals surface area contributed by atoms with Crippen molar-refractivity contribution in [3.63, 3.8) is 0 Å². The van der Waals surface area contributed by atoms with Gasteiger partial charge in [-0.05, 0) is 48.4 Å². The second-order valence-electron chi connectivity index (χ2n) is 6.60. The third-order valence-corrected chi connectivity index (χ3v) is 4.52. The van der Waals surface area contributed by atoms with E-state index in [1.165, 1.54) is 30.0 Å². The maximum atomic E-state index is 14.5. The number of nitrogens with two attached hydrogens (primary N) is 1. The molecule has 0 bridgehead atoms. The van der Waals surface area contributed by atoms with E-state index in [1.807, 2.05) is 18.3 Å². The van der Waals surface area contributed by atoms with E-state index in [2.05, 4.69) is 27.9 Å². The highest BCUT2D eigenvalue weighted by Crippen LogP contribution is 2.24. The molecule has 29 heavy (non-hydrogen) atoms. The van der Waals surface area contributed by atoms with Crippen LogP contribution in [-0.4, -0.2) is 33.9 Å². The minimum atomic E-state index is -0.580. The Morgan fingerprint density at radius 3 is 2.66 bits per heavy atom. The Hall–Kier alpha value is -3.32. The minimum absolute atomic E-state index is 0.0754. The number of carbonyl (C=O) groups excluding carboxylic acids is 1. The number of primary amides is 1. The van der Waals surface area contributed by atoms with Crippen molar-refractivity contribution in [1.82, 2.24) is 14.9 Å². The summed E-state index contributed by atoms with van der Waals surface area (Å²) in [6, 6.07) is 11.8. The number of pyridine rings is 2. The Morgan fingerprint density at radius 1 is 1.17 bits per heavy atom. The molecule has 0 saturated carbocycles. The Bertz CT molecular complexity index is 949. The van der Waals surface area contributed by atoms with E-state index in [9.17, 15) is 9.18 Å². The summed E-state index contributed by atoms with van der Waals surface area (Å²) in [4.78, 5) is 21.4. The highest BCUT2D eigenvalue weighted by atomic mass is 19.1. The van der Waals surface area contributed by atoms with E-state index < -0.39 is 11.7 Å². The number of carbonyl (C=O) groups is 1. The van der Waals surface area contributed by atoms with E-state index in [-0.39, 0.29) is 17.2 Å². The summed E-state index contributed by atoms with van der Waals surface area (Å²) in [7, 11) is 0. The van der Waals surface area contributed by atoms with Gasteiger partial charge >= 0.3 is 0 Å². The molecule has 0 aliphatic rings. The van der Waals surface area contributed by atoms with Gasteiger partial charge < -0.3 is 10.5 Å². The molecule has 1 amide bonds. The van der Waals surface area contributed by atoms with Gasteiger partial charge in [-0.1, -0.05) is 19.1 Å². The van der Waals surface area contributed by atoms with Crippen LogP contribution in [0.4, 0.5) is 4.39 Å². The smallest absolute Gasteiger partial charge is 0.250 e. The fourth-order valence-corrected chi connectivity index (χ4v) is 2.86. The zero-order valence-corrected chi connectivity index (χ0v) is 16.2. The quantitative estimate of drug-likeness (QED) is 0.600. The third-order valence-electron chi connectivity index (χ3n) is 4.52. The molecule has 0 aliphatic heterocycles. The minimum Gasteiger partial charge on any atom is -0.436 e. The van der Waals surface area contributed by atoms with Crippen molar-refractivity contribution in [1.29, 1.82) is 0 Å². The van der Waals surface area contributed by atoms with Gasteiger partial charge in [0.1, 0.15) is 0 Å². The highest BCUT2D eigenvalue weighted by molar-refractivity contribution is 5.92.